The molecule has 1 rings (SSSR count). The predicted octanol–water partition coefficient (Wildman–Crippen LogP) is 4.51. The smallest absolute Gasteiger partial charge is 0.306 e. The van der Waals surface area contributed by atoms with E-state index < -0.39 is 20.4 Å². The molecule has 1 saturated heterocycles. The minimum Gasteiger partial charge on any atom is -0.481 e. The number of allylic oxidation sites excluding steroid dienone is 1. The summed E-state index contributed by atoms with van der Waals surface area (Å²) in [5.74, 6) is -0.847. The van der Waals surface area contributed by atoms with Gasteiger partial charge >= 0.3 is 5.97 Å². The highest BCUT2D eigenvalue weighted by Crippen LogP contribution is 2.39. The van der Waals surface area contributed by atoms with Crippen LogP contribution in [-0.2, 0) is 14.0 Å². The molecule has 0 bridgehead atoms. The van der Waals surface area contributed by atoms with E-state index in [0.717, 1.165) is 32.1 Å². The van der Waals surface area contributed by atoms with Crippen molar-refractivity contribution in [3.05, 3.63) is 12.2 Å². The number of carboxylic acids is 1. The fraction of sp³-hybridized carbons (Fsp3) is 0.850. The van der Waals surface area contributed by atoms with Gasteiger partial charge in [-0.05, 0) is 57.2 Å². The van der Waals surface area contributed by atoms with E-state index in [-0.39, 0.29) is 29.8 Å². The Labute approximate surface area is 159 Å². The normalized spacial score (nSPS) is 26.2. The van der Waals surface area contributed by atoms with Crippen LogP contribution in [0.4, 0.5) is 0 Å². The van der Waals surface area contributed by atoms with Gasteiger partial charge in [-0.25, -0.2) is 0 Å². The Bertz CT molecular complexity index is 467. The van der Waals surface area contributed by atoms with E-state index in [1.54, 1.807) is 6.92 Å². The lowest BCUT2D eigenvalue weighted by Crippen LogP contribution is -2.50. The molecule has 2 N–H and O–H groups in total. The summed E-state index contributed by atoms with van der Waals surface area (Å²) >= 11 is 0. The topological polar surface area (TPSA) is 76.0 Å². The second-order valence-electron chi connectivity index (χ2n) is 9.01. The number of aliphatic hydroxyl groups is 1. The zero-order valence-electron chi connectivity index (χ0n) is 17.3. The summed E-state index contributed by atoms with van der Waals surface area (Å²) in [6, 6.07) is 0. The average molecular weight is 387 g/mol. The predicted molar refractivity (Wildman–Crippen MR) is 107 cm³/mol. The molecule has 0 aromatic carbocycles. The van der Waals surface area contributed by atoms with Crippen molar-refractivity contribution in [1.82, 2.24) is 0 Å². The van der Waals surface area contributed by atoms with Crippen LogP contribution >= 0.6 is 0 Å². The lowest BCUT2D eigenvalue weighted by Gasteiger charge is -2.43. The van der Waals surface area contributed by atoms with Crippen LogP contribution in [0.1, 0.15) is 66.2 Å². The van der Waals surface area contributed by atoms with Crippen LogP contribution in [0.25, 0.3) is 0 Å². The van der Waals surface area contributed by atoms with Crippen molar-refractivity contribution in [3.63, 3.8) is 0 Å². The summed E-state index contributed by atoms with van der Waals surface area (Å²) in [6.07, 6.45) is 7.55. The number of unbranched alkanes of at least 4 members (excludes halogenated alkanes) is 1. The lowest BCUT2D eigenvalue weighted by atomic mass is 9.98. The maximum absolute atomic E-state index is 11.3. The monoisotopic (exact) mass is 386 g/mol. The molecule has 26 heavy (non-hydrogen) atoms. The molecule has 0 unspecified atom stereocenters. The van der Waals surface area contributed by atoms with Crippen LogP contribution in [-0.4, -0.2) is 48.9 Å². The summed E-state index contributed by atoms with van der Waals surface area (Å²) in [5.41, 5.74) is 0. The number of aliphatic hydroxyl groups excluding tert-OH is 1. The number of hydrogen-bond donors (Lipinski definition) is 2. The van der Waals surface area contributed by atoms with Crippen molar-refractivity contribution in [3.8, 4) is 0 Å². The van der Waals surface area contributed by atoms with E-state index in [9.17, 15) is 15.0 Å². The first-order valence-corrected chi connectivity index (χ1v) is 12.7. The van der Waals surface area contributed by atoms with E-state index in [1.807, 2.05) is 6.08 Å². The summed E-state index contributed by atoms with van der Waals surface area (Å²) in [6.45, 7) is 12.8. The Balaban J connectivity index is 2.65. The van der Waals surface area contributed by atoms with Crippen molar-refractivity contribution < 1.29 is 24.2 Å². The van der Waals surface area contributed by atoms with Gasteiger partial charge in [0.15, 0.2) is 8.32 Å². The number of carbonyl (C=O) groups is 1. The van der Waals surface area contributed by atoms with E-state index >= 15 is 0 Å². The minimum atomic E-state index is -1.97. The van der Waals surface area contributed by atoms with E-state index in [1.165, 1.54) is 0 Å². The van der Waals surface area contributed by atoms with E-state index in [2.05, 4.69) is 39.9 Å². The third-order valence-electron chi connectivity index (χ3n) is 5.47. The Kier molecular flexibility index (Phi) is 8.99. The van der Waals surface area contributed by atoms with Crippen LogP contribution in [0.2, 0.25) is 18.1 Å². The zero-order chi connectivity index (χ0) is 20.0. The van der Waals surface area contributed by atoms with Crippen molar-refractivity contribution in [1.29, 1.82) is 0 Å². The lowest BCUT2D eigenvalue weighted by molar-refractivity contribution is -0.148. The molecule has 152 valence electrons. The molecule has 0 amide bonds. The molecule has 4 atom stereocenters. The van der Waals surface area contributed by atoms with Crippen LogP contribution in [0.15, 0.2) is 12.2 Å². The van der Waals surface area contributed by atoms with Gasteiger partial charge in [0, 0.05) is 0 Å². The summed E-state index contributed by atoms with van der Waals surface area (Å²) < 4.78 is 12.5. The highest BCUT2D eigenvalue weighted by atomic mass is 28.4. The molecule has 0 aromatic heterocycles. The number of ether oxygens (including phenoxy) is 1. The molecule has 6 heteroatoms. The SMILES string of the molecule is C[C@H](O)CCC/C=C/[C@H]1CC[C@H](O[Si](C)(C)C(C)(C)C)[C@@H](CC(=O)O)O1. The molecule has 1 heterocycles. The van der Waals surface area contributed by atoms with Crippen molar-refractivity contribution in [2.45, 2.75) is 109 Å². The van der Waals surface area contributed by atoms with Gasteiger partial charge in [0.1, 0.15) is 0 Å². The van der Waals surface area contributed by atoms with Crippen LogP contribution in [0.3, 0.4) is 0 Å². The van der Waals surface area contributed by atoms with Crippen molar-refractivity contribution in [2.75, 3.05) is 0 Å². The summed E-state index contributed by atoms with van der Waals surface area (Å²) in [5, 5.41) is 18.6. The van der Waals surface area contributed by atoms with Gasteiger partial charge in [-0.1, -0.05) is 32.9 Å². The van der Waals surface area contributed by atoms with Gasteiger partial charge in [0.2, 0.25) is 0 Å². The quantitative estimate of drug-likeness (QED) is 0.346. The zero-order valence-corrected chi connectivity index (χ0v) is 18.3. The summed E-state index contributed by atoms with van der Waals surface area (Å²) in [4.78, 5) is 11.3. The standard InChI is InChI=1S/C20H38O5Si/c1-15(21)10-8-7-9-11-16-12-13-17(18(24-16)14-19(22)23)25-26(5,6)20(2,3)4/h9,11,15-18,21H,7-8,10,12-14H2,1-6H3,(H,22,23)/b11-9+/t15-,16-,17-,18+/m0/s1. The van der Waals surface area contributed by atoms with Crippen LogP contribution in [0, 0.1) is 0 Å². The highest BCUT2D eigenvalue weighted by Gasteiger charge is 2.42. The Hall–Kier alpha value is -0.693. The molecular weight excluding hydrogens is 348 g/mol. The molecular formula is C20H38O5Si. The molecule has 0 spiro atoms. The number of rotatable bonds is 9. The first-order valence-electron chi connectivity index (χ1n) is 9.82. The first kappa shape index (κ1) is 23.3. The largest absolute Gasteiger partial charge is 0.481 e. The fourth-order valence-electron chi connectivity index (χ4n) is 2.86. The molecule has 1 aliphatic heterocycles. The molecule has 0 saturated carbocycles. The third-order valence-corrected chi connectivity index (χ3v) is 9.98. The molecule has 0 aliphatic carbocycles. The van der Waals surface area contributed by atoms with Gasteiger partial charge in [-0.2, -0.15) is 0 Å². The van der Waals surface area contributed by atoms with Crippen LogP contribution in [0.5, 0.6) is 0 Å². The van der Waals surface area contributed by atoms with Gasteiger partial charge in [0.25, 0.3) is 0 Å². The van der Waals surface area contributed by atoms with Gasteiger partial charge < -0.3 is 19.4 Å². The third kappa shape index (κ3) is 7.90. The molecule has 1 fully saturated rings. The van der Waals surface area contributed by atoms with Crippen LogP contribution < -0.4 is 0 Å². The van der Waals surface area contributed by atoms with Gasteiger partial charge in [-0.3, -0.25) is 4.79 Å². The Morgan fingerprint density at radius 1 is 1.35 bits per heavy atom. The number of hydrogen-bond acceptors (Lipinski definition) is 4. The minimum absolute atomic E-state index is 0.0222. The molecule has 0 aromatic rings. The maximum atomic E-state index is 11.3. The van der Waals surface area contributed by atoms with Gasteiger partial charge in [-0.15, -0.1) is 0 Å². The average Bonchev–Trinajstić information content (AvgIpc) is 2.47. The number of aliphatic carboxylic acids is 1. The fourth-order valence-corrected chi connectivity index (χ4v) is 4.24. The van der Waals surface area contributed by atoms with E-state index in [4.69, 9.17) is 9.16 Å². The Morgan fingerprint density at radius 3 is 2.54 bits per heavy atom. The first-order chi connectivity index (χ1) is 11.9. The number of carboxylic acid groups (broad SMARTS) is 1. The second kappa shape index (κ2) is 10.0. The molecule has 0 radical (unpaired) electrons. The van der Waals surface area contributed by atoms with Crippen molar-refractivity contribution in [2.24, 2.45) is 0 Å². The molecule has 5 nitrogen and oxygen atoms in total. The van der Waals surface area contributed by atoms with E-state index in [0.29, 0.717) is 0 Å². The highest BCUT2D eigenvalue weighted by molar-refractivity contribution is 6.74. The Morgan fingerprint density at radius 2 is 2.00 bits per heavy atom. The summed E-state index contributed by atoms with van der Waals surface area (Å²) in [7, 11) is -1.97. The van der Waals surface area contributed by atoms with Crippen molar-refractivity contribution >= 4 is 14.3 Å². The second-order valence-corrected chi connectivity index (χ2v) is 13.8. The van der Waals surface area contributed by atoms with Gasteiger partial charge in [0.05, 0.1) is 30.8 Å². The molecule has 1 aliphatic rings. The maximum Gasteiger partial charge on any atom is 0.306 e.